The van der Waals surface area contributed by atoms with Gasteiger partial charge in [0.15, 0.2) is 6.23 Å². The van der Waals surface area contributed by atoms with Crippen molar-refractivity contribution in [3.8, 4) is 6.07 Å². The van der Waals surface area contributed by atoms with Crippen LogP contribution in [0.5, 0.6) is 0 Å². The van der Waals surface area contributed by atoms with E-state index in [0.717, 1.165) is 12.2 Å². The minimum absolute atomic E-state index is 0.0464. The lowest BCUT2D eigenvalue weighted by molar-refractivity contribution is -0.238. The van der Waals surface area contributed by atoms with Crippen LogP contribution in [0.3, 0.4) is 0 Å². The Hall–Kier alpha value is -2.59. The van der Waals surface area contributed by atoms with Gasteiger partial charge >= 0.3 is 7.60 Å². The van der Waals surface area contributed by atoms with Gasteiger partial charge in [0.25, 0.3) is 0 Å². The molecule has 3 aromatic rings. The van der Waals surface area contributed by atoms with Crippen LogP contribution in [0.4, 0.5) is 5.82 Å². The third-order valence-corrected chi connectivity index (χ3v) is 6.02. The standard InChI is InChI=1S/C21H23ClN5O7P/c1-11(13-5-3-12(9-23)4-6-13)24-18-14-7-8-27(19(14)26-21(22)25-18)20-17(29)16(28)15(33-20)10-32-34-35(2,30)31/h3-8,11,15-17,20,28-29H,10H2,1-2H3,(H,30,31)(H,24,25,26)/t11?,15-,16-,17-,20-/m1/s1. The zero-order valence-corrected chi connectivity index (χ0v) is 20.3. The number of rotatable bonds is 8. The molecule has 0 bridgehead atoms. The van der Waals surface area contributed by atoms with Crippen LogP contribution in [-0.4, -0.2) is 61.2 Å². The maximum absolute atomic E-state index is 11.2. The van der Waals surface area contributed by atoms with Crippen molar-refractivity contribution in [1.82, 2.24) is 14.5 Å². The third-order valence-electron chi connectivity index (χ3n) is 5.47. The summed E-state index contributed by atoms with van der Waals surface area (Å²) in [5.41, 5.74) is 1.83. The van der Waals surface area contributed by atoms with E-state index in [-0.39, 0.29) is 11.3 Å². The van der Waals surface area contributed by atoms with Crippen molar-refractivity contribution < 1.29 is 34.0 Å². The first-order chi connectivity index (χ1) is 16.6. The first kappa shape index (κ1) is 25.5. The van der Waals surface area contributed by atoms with E-state index in [4.69, 9.17) is 31.4 Å². The average molecular weight is 524 g/mol. The highest BCUT2D eigenvalue weighted by Gasteiger charge is 2.44. The van der Waals surface area contributed by atoms with Crippen molar-refractivity contribution >= 4 is 36.0 Å². The Bertz CT molecular complexity index is 1290. The van der Waals surface area contributed by atoms with Crippen molar-refractivity contribution in [3.63, 3.8) is 0 Å². The molecule has 0 spiro atoms. The highest BCUT2D eigenvalue weighted by molar-refractivity contribution is 7.51. The lowest BCUT2D eigenvalue weighted by Crippen LogP contribution is -2.33. The molecule has 186 valence electrons. The Morgan fingerprint density at radius 1 is 1.29 bits per heavy atom. The van der Waals surface area contributed by atoms with E-state index < -0.39 is 38.7 Å². The molecule has 1 fully saturated rings. The summed E-state index contributed by atoms with van der Waals surface area (Å²) in [7, 11) is -3.88. The number of aromatic nitrogens is 3. The van der Waals surface area contributed by atoms with Gasteiger partial charge in [-0.15, -0.1) is 4.67 Å². The number of anilines is 1. The summed E-state index contributed by atoms with van der Waals surface area (Å²) < 4.78 is 22.8. The van der Waals surface area contributed by atoms with Gasteiger partial charge in [0.1, 0.15) is 36.4 Å². The molecule has 4 N–H and O–H groups in total. The first-order valence-corrected chi connectivity index (χ1v) is 12.9. The zero-order valence-electron chi connectivity index (χ0n) is 18.6. The smallest absolute Gasteiger partial charge is 0.352 e. The highest BCUT2D eigenvalue weighted by Crippen LogP contribution is 2.38. The molecular weight excluding hydrogens is 501 g/mol. The van der Waals surface area contributed by atoms with E-state index in [1.807, 2.05) is 19.1 Å². The molecule has 1 aliphatic rings. The molecule has 2 unspecified atom stereocenters. The molecule has 1 aliphatic heterocycles. The predicted molar refractivity (Wildman–Crippen MR) is 124 cm³/mol. The largest absolute Gasteiger partial charge is 0.387 e. The van der Waals surface area contributed by atoms with E-state index >= 15 is 0 Å². The number of fused-ring (bicyclic) bond motifs is 1. The summed E-state index contributed by atoms with van der Waals surface area (Å²) in [4.78, 5) is 22.4. The van der Waals surface area contributed by atoms with Gasteiger partial charge in [-0.05, 0) is 42.3 Å². The van der Waals surface area contributed by atoms with Crippen molar-refractivity contribution in [1.29, 1.82) is 5.26 Å². The number of aliphatic hydroxyl groups is 2. The van der Waals surface area contributed by atoms with Crippen LogP contribution in [0, 0.1) is 11.3 Å². The summed E-state index contributed by atoms with van der Waals surface area (Å²) in [6.45, 7) is 2.48. The second kappa shape index (κ2) is 10.2. The molecule has 1 saturated heterocycles. The van der Waals surface area contributed by atoms with Crippen LogP contribution in [0.15, 0.2) is 36.5 Å². The Morgan fingerprint density at radius 2 is 2.00 bits per heavy atom. The summed E-state index contributed by atoms with van der Waals surface area (Å²) in [5, 5.41) is 33.8. The molecule has 0 amide bonds. The fourth-order valence-corrected chi connectivity index (χ4v) is 4.17. The van der Waals surface area contributed by atoms with Gasteiger partial charge in [0.05, 0.1) is 17.0 Å². The van der Waals surface area contributed by atoms with Crippen molar-refractivity contribution in [2.24, 2.45) is 0 Å². The molecule has 4 rings (SSSR count). The van der Waals surface area contributed by atoms with Crippen LogP contribution in [-0.2, 0) is 18.9 Å². The van der Waals surface area contributed by atoms with E-state index in [1.165, 1.54) is 4.57 Å². The van der Waals surface area contributed by atoms with E-state index in [1.54, 1.807) is 24.4 Å². The number of benzene rings is 1. The minimum Gasteiger partial charge on any atom is -0.387 e. The predicted octanol–water partition coefficient (Wildman–Crippen LogP) is 2.51. The Morgan fingerprint density at radius 3 is 2.66 bits per heavy atom. The van der Waals surface area contributed by atoms with Crippen LogP contribution < -0.4 is 5.32 Å². The number of hydrogen-bond acceptors (Lipinski definition) is 10. The number of nitrogens with one attached hydrogen (secondary N) is 1. The van der Waals surface area contributed by atoms with Gasteiger partial charge in [-0.3, -0.25) is 4.57 Å². The fraction of sp³-hybridized carbons (Fsp3) is 0.381. The molecule has 14 heteroatoms. The summed E-state index contributed by atoms with van der Waals surface area (Å²) in [6, 6.07) is 10.7. The Balaban J connectivity index is 1.56. The molecule has 12 nitrogen and oxygen atoms in total. The van der Waals surface area contributed by atoms with Crippen LogP contribution in [0.2, 0.25) is 5.28 Å². The first-order valence-electron chi connectivity index (χ1n) is 10.5. The highest BCUT2D eigenvalue weighted by atomic mass is 35.5. The summed E-state index contributed by atoms with van der Waals surface area (Å²) >= 11 is 6.18. The Kier molecular flexibility index (Phi) is 7.42. The van der Waals surface area contributed by atoms with Crippen LogP contribution >= 0.6 is 19.2 Å². The number of halogens is 1. The van der Waals surface area contributed by atoms with Crippen molar-refractivity contribution in [2.75, 3.05) is 18.6 Å². The second-order valence-corrected chi connectivity index (χ2v) is 10.2. The number of aliphatic hydroxyl groups excluding tert-OH is 2. The van der Waals surface area contributed by atoms with Gasteiger partial charge < -0.3 is 29.7 Å². The second-order valence-electron chi connectivity index (χ2n) is 8.11. The van der Waals surface area contributed by atoms with Gasteiger partial charge in [0, 0.05) is 18.9 Å². The van der Waals surface area contributed by atoms with Crippen LogP contribution in [0.25, 0.3) is 11.0 Å². The maximum atomic E-state index is 11.2. The quantitative estimate of drug-likeness (QED) is 0.148. The molecule has 35 heavy (non-hydrogen) atoms. The van der Waals surface area contributed by atoms with E-state index in [0.29, 0.717) is 22.4 Å². The number of hydrogen-bond donors (Lipinski definition) is 4. The van der Waals surface area contributed by atoms with Crippen molar-refractivity contribution in [2.45, 2.75) is 37.5 Å². The Labute approximate surface area is 205 Å². The molecule has 3 heterocycles. The van der Waals surface area contributed by atoms with Gasteiger partial charge in [0.2, 0.25) is 5.28 Å². The van der Waals surface area contributed by atoms with E-state index in [9.17, 15) is 14.8 Å². The molecule has 0 saturated carbocycles. The van der Waals surface area contributed by atoms with Gasteiger partial charge in [-0.25, -0.2) is 9.87 Å². The summed E-state index contributed by atoms with van der Waals surface area (Å²) in [5.74, 6) is 0.443. The third kappa shape index (κ3) is 5.64. The lowest BCUT2D eigenvalue weighted by atomic mass is 10.1. The monoisotopic (exact) mass is 523 g/mol. The molecule has 0 radical (unpaired) electrons. The van der Waals surface area contributed by atoms with Crippen molar-refractivity contribution in [3.05, 3.63) is 52.9 Å². The normalized spacial score (nSPS) is 24.7. The molecular formula is C21H23ClN5O7P. The molecule has 0 aliphatic carbocycles. The fourth-order valence-electron chi connectivity index (χ4n) is 3.75. The van der Waals surface area contributed by atoms with Gasteiger partial charge in [-0.2, -0.15) is 10.2 Å². The molecule has 1 aromatic carbocycles. The van der Waals surface area contributed by atoms with E-state index in [2.05, 4.69) is 26.0 Å². The van der Waals surface area contributed by atoms with Crippen LogP contribution in [0.1, 0.15) is 30.3 Å². The zero-order chi connectivity index (χ0) is 25.3. The number of ether oxygens (including phenoxy) is 1. The SMILES string of the molecule is CC(Nc1nc(Cl)nc2c1ccn2[C@@H]1O[C@H](COOP(C)(=O)O)[C@@H](O)[C@H]1O)c1ccc(C#N)cc1. The number of nitrogens with zero attached hydrogens (tertiary/aromatic N) is 4. The number of nitriles is 1. The molecule has 2 aromatic heterocycles. The maximum Gasteiger partial charge on any atom is 0.352 e. The molecule has 6 atom stereocenters. The summed E-state index contributed by atoms with van der Waals surface area (Å²) in [6.07, 6.45) is -3.19. The average Bonchev–Trinajstić information content (AvgIpc) is 3.34. The minimum atomic E-state index is -3.88. The van der Waals surface area contributed by atoms with Gasteiger partial charge in [-0.1, -0.05) is 12.1 Å². The topological polar surface area (TPSA) is 172 Å². The lowest BCUT2D eigenvalue weighted by Gasteiger charge is -2.19.